The fraction of sp³-hybridized carbons (Fsp3) is 0.292. The van der Waals surface area contributed by atoms with E-state index in [2.05, 4.69) is 10.2 Å². The van der Waals surface area contributed by atoms with Gasteiger partial charge in [0.15, 0.2) is 11.5 Å². The largest absolute Gasteiger partial charge is 0.507 e. The number of aromatic nitrogens is 1. The molecule has 2 aromatic carbocycles. The minimum Gasteiger partial charge on any atom is -0.507 e. The first kappa shape index (κ1) is 18.8. The molecule has 30 heavy (non-hydrogen) atoms. The fourth-order valence-corrected chi connectivity index (χ4v) is 4.11. The van der Waals surface area contributed by atoms with Crippen LogP contribution in [0.1, 0.15) is 12.8 Å². The number of anilines is 1. The summed E-state index contributed by atoms with van der Waals surface area (Å²) in [5.74, 6) is 2.48. The zero-order valence-corrected chi connectivity index (χ0v) is 16.8. The molecule has 2 N–H and O–H groups in total. The molecule has 5 rings (SSSR count). The average Bonchev–Trinajstić information content (AvgIpc) is 3.45. The Balaban J connectivity index is 1.50. The van der Waals surface area contributed by atoms with Crippen molar-refractivity contribution >= 4 is 5.82 Å². The molecule has 1 aromatic heterocycles. The van der Waals surface area contributed by atoms with Gasteiger partial charge in [-0.25, -0.2) is 4.98 Å². The van der Waals surface area contributed by atoms with Gasteiger partial charge >= 0.3 is 0 Å². The van der Waals surface area contributed by atoms with Gasteiger partial charge in [-0.3, -0.25) is 0 Å². The molecule has 3 aromatic rings. The minimum absolute atomic E-state index is 0.211. The number of nitrogens with zero attached hydrogens (tertiary/aromatic N) is 2. The highest BCUT2D eigenvalue weighted by molar-refractivity contribution is 5.80. The van der Waals surface area contributed by atoms with Gasteiger partial charge in [-0.2, -0.15) is 0 Å². The predicted molar refractivity (Wildman–Crippen MR) is 117 cm³/mol. The highest BCUT2D eigenvalue weighted by Gasteiger charge is 2.20. The summed E-state index contributed by atoms with van der Waals surface area (Å²) in [5, 5.41) is 13.9. The zero-order valence-electron chi connectivity index (χ0n) is 16.8. The minimum atomic E-state index is 0.211. The summed E-state index contributed by atoms with van der Waals surface area (Å²) in [6.07, 6.45) is 2.57. The molecule has 0 radical (unpaired) electrons. The van der Waals surface area contributed by atoms with Crippen molar-refractivity contribution in [2.24, 2.45) is 0 Å². The summed E-state index contributed by atoms with van der Waals surface area (Å²) in [6, 6.07) is 17.2. The number of ether oxygens (including phenoxy) is 2. The SMILES string of the molecule is Oc1ccccc1-c1cc(-c2cccc3c2OCO3)cc(NCCN2CCCC2)n1. The first-order valence-corrected chi connectivity index (χ1v) is 10.4. The van der Waals surface area contributed by atoms with E-state index in [1.54, 1.807) is 6.07 Å². The van der Waals surface area contributed by atoms with Crippen molar-refractivity contribution in [1.29, 1.82) is 0 Å². The number of aromatic hydroxyl groups is 1. The standard InChI is InChI=1S/C24H25N3O3/c28-21-8-2-1-6-19(21)20-14-17(18-7-5-9-22-24(18)30-16-29-22)15-23(26-20)25-10-13-27-11-3-4-12-27/h1-2,5-9,14-15,28H,3-4,10-13,16H2,(H,25,26). The Morgan fingerprint density at radius 2 is 1.80 bits per heavy atom. The van der Waals surface area contributed by atoms with E-state index >= 15 is 0 Å². The number of para-hydroxylation sites is 2. The van der Waals surface area contributed by atoms with Crippen LogP contribution in [0.15, 0.2) is 54.6 Å². The molecule has 1 fully saturated rings. The van der Waals surface area contributed by atoms with Crippen LogP contribution in [0.4, 0.5) is 5.82 Å². The molecule has 0 atom stereocenters. The van der Waals surface area contributed by atoms with Gasteiger partial charge in [0, 0.05) is 24.2 Å². The van der Waals surface area contributed by atoms with E-state index in [4.69, 9.17) is 14.5 Å². The van der Waals surface area contributed by atoms with Crippen LogP contribution in [0.5, 0.6) is 17.2 Å². The summed E-state index contributed by atoms with van der Waals surface area (Å²) in [6.45, 7) is 4.39. The lowest BCUT2D eigenvalue weighted by Gasteiger charge is -2.16. The molecule has 1 saturated heterocycles. The maximum Gasteiger partial charge on any atom is 0.231 e. The van der Waals surface area contributed by atoms with Crippen LogP contribution in [-0.4, -0.2) is 48.0 Å². The van der Waals surface area contributed by atoms with Gasteiger partial charge in [0.2, 0.25) is 6.79 Å². The summed E-state index contributed by atoms with van der Waals surface area (Å²) in [7, 11) is 0. The summed E-state index contributed by atoms with van der Waals surface area (Å²) < 4.78 is 11.3. The number of rotatable bonds is 6. The van der Waals surface area contributed by atoms with Gasteiger partial charge in [-0.05, 0) is 61.8 Å². The van der Waals surface area contributed by atoms with Gasteiger partial charge in [0.1, 0.15) is 11.6 Å². The number of hydrogen-bond acceptors (Lipinski definition) is 6. The quantitative estimate of drug-likeness (QED) is 0.638. The van der Waals surface area contributed by atoms with Crippen molar-refractivity contribution < 1.29 is 14.6 Å². The molecule has 0 amide bonds. The van der Waals surface area contributed by atoms with Crippen molar-refractivity contribution in [3.05, 3.63) is 54.6 Å². The van der Waals surface area contributed by atoms with E-state index in [1.165, 1.54) is 25.9 Å². The highest BCUT2D eigenvalue weighted by Crippen LogP contribution is 2.42. The van der Waals surface area contributed by atoms with Gasteiger partial charge in [0.25, 0.3) is 0 Å². The van der Waals surface area contributed by atoms with Crippen molar-refractivity contribution in [2.45, 2.75) is 12.8 Å². The molecular formula is C24H25N3O3. The second-order valence-corrected chi connectivity index (χ2v) is 7.66. The van der Waals surface area contributed by atoms with Crippen molar-refractivity contribution in [1.82, 2.24) is 9.88 Å². The normalized spacial score (nSPS) is 15.5. The van der Waals surface area contributed by atoms with E-state index in [1.807, 2.05) is 48.5 Å². The third-order valence-corrected chi connectivity index (χ3v) is 5.65. The number of likely N-dealkylation sites (tertiary alicyclic amines) is 1. The van der Waals surface area contributed by atoms with Crippen LogP contribution in [0.3, 0.4) is 0 Å². The first-order chi connectivity index (χ1) is 14.8. The van der Waals surface area contributed by atoms with Crippen molar-refractivity contribution in [3.63, 3.8) is 0 Å². The van der Waals surface area contributed by atoms with Gasteiger partial charge < -0.3 is 24.8 Å². The Morgan fingerprint density at radius 1 is 0.967 bits per heavy atom. The smallest absolute Gasteiger partial charge is 0.231 e. The van der Waals surface area contributed by atoms with Crippen molar-refractivity contribution in [3.8, 4) is 39.6 Å². The van der Waals surface area contributed by atoms with Crippen molar-refractivity contribution in [2.75, 3.05) is 38.3 Å². The molecule has 2 aliphatic heterocycles. The van der Waals surface area contributed by atoms with Crippen LogP contribution < -0.4 is 14.8 Å². The van der Waals surface area contributed by atoms with Crippen LogP contribution in [-0.2, 0) is 0 Å². The Labute approximate surface area is 176 Å². The van der Waals surface area contributed by atoms with E-state index in [0.29, 0.717) is 11.3 Å². The zero-order chi connectivity index (χ0) is 20.3. The topological polar surface area (TPSA) is 66.8 Å². The maximum absolute atomic E-state index is 10.4. The van der Waals surface area contributed by atoms with E-state index in [9.17, 15) is 5.11 Å². The lowest BCUT2D eigenvalue weighted by Crippen LogP contribution is -2.26. The third-order valence-electron chi connectivity index (χ3n) is 5.65. The lowest BCUT2D eigenvalue weighted by atomic mass is 10.0. The van der Waals surface area contributed by atoms with E-state index in [0.717, 1.165) is 41.5 Å². The predicted octanol–water partition coefficient (Wildman–Crippen LogP) is 4.36. The number of phenolic OH excluding ortho intramolecular Hbond substituents is 1. The highest BCUT2D eigenvalue weighted by atomic mass is 16.7. The Morgan fingerprint density at radius 3 is 2.67 bits per heavy atom. The Bertz CT molecular complexity index is 1050. The Kier molecular flexibility index (Phi) is 5.15. The van der Waals surface area contributed by atoms with E-state index in [-0.39, 0.29) is 12.5 Å². The van der Waals surface area contributed by atoms with Gasteiger partial charge in [0.05, 0.1) is 5.69 Å². The first-order valence-electron chi connectivity index (χ1n) is 10.4. The number of nitrogens with one attached hydrogen (secondary N) is 1. The maximum atomic E-state index is 10.4. The second kappa shape index (κ2) is 8.24. The number of fused-ring (bicyclic) bond motifs is 1. The molecule has 6 heteroatoms. The molecule has 6 nitrogen and oxygen atoms in total. The van der Waals surface area contributed by atoms with Gasteiger partial charge in [-0.1, -0.05) is 24.3 Å². The fourth-order valence-electron chi connectivity index (χ4n) is 4.11. The summed E-state index contributed by atoms with van der Waals surface area (Å²) >= 11 is 0. The number of hydrogen-bond donors (Lipinski definition) is 2. The molecule has 0 saturated carbocycles. The van der Waals surface area contributed by atoms with E-state index < -0.39 is 0 Å². The Hall–Kier alpha value is -3.25. The molecule has 0 aliphatic carbocycles. The second-order valence-electron chi connectivity index (χ2n) is 7.66. The van der Waals surface area contributed by atoms with Crippen LogP contribution in [0.25, 0.3) is 22.4 Å². The lowest BCUT2D eigenvalue weighted by molar-refractivity contribution is 0.174. The monoisotopic (exact) mass is 403 g/mol. The molecule has 3 heterocycles. The average molecular weight is 403 g/mol. The summed E-state index contributed by atoms with van der Waals surface area (Å²) in [5.41, 5.74) is 3.33. The van der Waals surface area contributed by atoms with Crippen LogP contribution >= 0.6 is 0 Å². The number of pyridine rings is 1. The molecule has 0 bridgehead atoms. The van der Waals surface area contributed by atoms with Crippen LogP contribution in [0.2, 0.25) is 0 Å². The summed E-state index contributed by atoms with van der Waals surface area (Å²) in [4.78, 5) is 7.25. The number of phenols is 1. The third kappa shape index (κ3) is 3.78. The van der Waals surface area contributed by atoms with Crippen LogP contribution in [0, 0.1) is 0 Å². The molecule has 0 spiro atoms. The molecular weight excluding hydrogens is 378 g/mol. The number of benzene rings is 2. The molecule has 154 valence electrons. The molecule has 0 unspecified atom stereocenters. The van der Waals surface area contributed by atoms with Gasteiger partial charge in [-0.15, -0.1) is 0 Å². The molecule has 2 aliphatic rings.